The Morgan fingerprint density at radius 3 is 2.35 bits per heavy atom. The second kappa shape index (κ2) is 9.26. The van der Waals surface area contributed by atoms with Gasteiger partial charge in [-0.3, -0.25) is 9.05 Å². The van der Waals surface area contributed by atoms with Gasteiger partial charge in [-0.2, -0.15) is 0 Å². The molecule has 1 unspecified atom stereocenters. The number of carbonyl (C=O) groups is 1. The molecule has 20 heavy (non-hydrogen) atoms. The van der Waals surface area contributed by atoms with Crippen LogP contribution in [-0.2, 0) is 23.1 Å². The first-order valence-electron chi connectivity index (χ1n) is 6.38. The molecule has 0 aromatic rings. The molecule has 1 N–H and O–H groups in total. The number of allylic oxidation sites excluding steroid dienone is 1. The number of hydrogen-bond acceptors (Lipinski definition) is 5. The van der Waals surface area contributed by atoms with Gasteiger partial charge < -0.3 is 14.1 Å². The Morgan fingerprint density at radius 1 is 1.20 bits per heavy atom. The van der Waals surface area contributed by atoms with Gasteiger partial charge >= 0.3 is 13.8 Å². The first-order valence-corrected chi connectivity index (χ1v) is 7.87. The number of ether oxygens (including phenoxy) is 1. The lowest BCUT2D eigenvalue weighted by molar-refractivity contribution is -0.870. The van der Waals surface area contributed by atoms with Gasteiger partial charge in [-0.05, 0) is 6.92 Å². The fraction of sp³-hybridized carbons (Fsp3) is 0.750. The van der Waals surface area contributed by atoms with Gasteiger partial charge in [0.25, 0.3) is 0 Å². The molecule has 0 saturated heterocycles. The van der Waals surface area contributed by atoms with E-state index in [1.165, 1.54) is 6.08 Å². The van der Waals surface area contributed by atoms with E-state index < -0.39 is 13.8 Å². The lowest BCUT2D eigenvalue weighted by Gasteiger charge is -2.24. The van der Waals surface area contributed by atoms with Gasteiger partial charge in [0.05, 0.1) is 34.4 Å². The van der Waals surface area contributed by atoms with Gasteiger partial charge in [0.1, 0.15) is 13.2 Å². The number of quaternary nitrogens is 1. The summed E-state index contributed by atoms with van der Waals surface area (Å²) in [5.74, 6) is -0.445. The monoisotopic (exact) mass is 310 g/mol. The molecule has 0 fully saturated rings. The number of carbonyl (C=O) groups excluding carboxylic acids is 1. The average Bonchev–Trinajstić information content (AvgIpc) is 2.26. The highest BCUT2D eigenvalue weighted by Gasteiger charge is 2.22. The van der Waals surface area contributed by atoms with E-state index >= 15 is 0 Å². The van der Waals surface area contributed by atoms with Gasteiger partial charge in [0.15, 0.2) is 0 Å². The molecule has 1 atom stereocenters. The Kier molecular flexibility index (Phi) is 8.93. The predicted octanol–water partition coefficient (Wildman–Crippen LogP) is 1.34. The van der Waals surface area contributed by atoms with Crippen molar-refractivity contribution in [3.05, 3.63) is 12.2 Å². The Hall–Kier alpha value is -0.720. The molecular weight excluding hydrogens is 285 g/mol. The Balaban J connectivity index is 3.72. The largest absolute Gasteiger partial charge is 0.472 e. The SMILES string of the molecule is CC=CC(=O)OCCCOP(=O)(O)OCC[N+](C)(C)C. The zero-order valence-corrected chi connectivity index (χ0v) is 13.5. The maximum atomic E-state index is 11.5. The van der Waals surface area contributed by atoms with Crippen LogP contribution in [-0.4, -0.2) is 62.9 Å². The number of likely N-dealkylation sites (N-methyl/N-ethyl adjacent to an activating group) is 1. The van der Waals surface area contributed by atoms with E-state index in [0.29, 0.717) is 17.4 Å². The highest BCUT2D eigenvalue weighted by Crippen LogP contribution is 2.42. The van der Waals surface area contributed by atoms with E-state index in [1.807, 2.05) is 21.1 Å². The van der Waals surface area contributed by atoms with Crippen LogP contribution in [0.2, 0.25) is 0 Å². The summed E-state index contributed by atoms with van der Waals surface area (Å²) in [6.07, 6.45) is 3.19. The Morgan fingerprint density at radius 2 is 1.80 bits per heavy atom. The molecule has 0 aromatic carbocycles. The van der Waals surface area contributed by atoms with Crippen LogP contribution in [0.1, 0.15) is 13.3 Å². The van der Waals surface area contributed by atoms with Gasteiger partial charge in [0, 0.05) is 12.5 Å². The summed E-state index contributed by atoms with van der Waals surface area (Å²) in [4.78, 5) is 20.3. The highest BCUT2D eigenvalue weighted by atomic mass is 31.2. The predicted molar refractivity (Wildman–Crippen MR) is 75.0 cm³/mol. The van der Waals surface area contributed by atoms with Crippen molar-refractivity contribution < 1.29 is 32.5 Å². The fourth-order valence-corrected chi connectivity index (χ4v) is 1.81. The van der Waals surface area contributed by atoms with Crippen molar-refractivity contribution in [2.75, 3.05) is 47.5 Å². The van der Waals surface area contributed by atoms with Crippen molar-refractivity contribution in [1.29, 1.82) is 0 Å². The highest BCUT2D eigenvalue weighted by molar-refractivity contribution is 7.47. The van der Waals surface area contributed by atoms with Crippen LogP contribution in [0, 0.1) is 0 Å². The summed E-state index contributed by atoms with van der Waals surface area (Å²) in [7, 11) is 1.83. The van der Waals surface area contributed by atoms with Crippen molar-refractivity contribution in [3.8, 4) is 0 Å². The normalized spacial score (nSPS) is 15.2. The summed E-state index contributed by atoms with van der Waals surface area (Å²) in [5, 5.41) is 0. The minimum absolute atomic E-state index is 0.0126. The number of nitrogens with zero attached hydrogens (tertiary/aromatic N) is 1. The van der Waals surface area contributed by atoms with Gasteiger partial charge in [-0.25, -0.2) is 9.36 Å². The molecule has 0 aliphatic heterocycles. The van der Waals surface area contributed by atoms with E-state index in [-0.39, 0.29) is 19.8 Å². The van der Waals surface area contributed by atoms with Crippen molar-refractivity contribution in [1.82, 2.24) is 0 Å². The topological polar surface area (TPSA) is 82.1 Å². The standard InChI is InChI=1S/C12H24NO6P/c1-5-7-12(14)17-9-6-10-18-20(15,16)19-11-8-13(2,3)4/h5,7H,6,8-11H2,1-4H3/p+1. The lowest BCUT2D eigenvalue weighted by atomic mass is 10.5. The maximum Gasteiger partial charge on any atom is 0.472 e. The maximum absolute atomic E-state index is 11.5. The third kappa shape index (κ3) is 12.3. The molecule has 0 saturated carbocycles. The van der Waals surface area contributed by atoms with Crippen LogP contribution in [0.25, 0.3) is 0 Å². The molecule has 8 heteroatoms. The molecule has 0 bridgehead atoms. The van der Waals surface area contributed by atoms with E-state index in [1.54, 1.807) is 13.0 Å². The molecule has 0 spiro atoms. The van der Waals surface area contributed by atoms with Gasteiger partial charge in [0.2, 0.25) is 0 Å². The van der Waals surface area contributed by atoms with E-state index in [4.69, 9.17) is 13.8 Å². The van der Waals surface area contributed by atoms with Crippen LogP contribution in [0.5, 0.6) is 0 Å². The molecule has 7 nitrogen and oxygen atoms in total. The third-order valence-electron chi connectivity index (χ3n) is 2.11. The average molecular weight is 310 g/mol. The molecule has 0 heterocycles. The van der Waals surface area contributed by atoms with Gasteiger partial charge in [-0.1, -0.05) is 6.08 Å². The third-order valence-corrected chi connectivity index (χ3v) is 3.12. The van der Waals surface area contributed by atoms with E-state index in [0.717, 1.165) is 0 Å². The second-order valence-electron chi connectivity index (χ2n) is 5.17. The molecule has 0 radical (unpaired) electrons. The van der Waals surface area contributed by atoms with Crippen LogP contribution in [0.3, 0.4) is 0 Å². The molecule has 0 amide bonds. The van der Waals surface area contributed by atoms with Crippen LogP contribution >= 0.6 is 7.82 Å². The summed E-state index contributed by atoms with van der Waals surface area (Å²) in [6, 6.07) is 0. The fourth-order valence-electron chi connectivity index (χ4n) is 1.06. The molecule has 0 aliphatic rings. The van der Waals surface area contributed by atoms with Crippen LogP contribution in [0.4, 0.5) is 0 Å². The molecule has 0 aliphatic carbocycles. The van der Waals surface area contributed by atoms with Crippen molar-refractivity contribution in [3.63, 3.8) is 0 Å². The van der Waals surface area contributed by atoms with Gasteiger partial charge in [-0.15, -0.1) is 0 Å². The quantitative estimate of drug-likeness (QED) is 0.215. The minimum atomic E-state index is -4.02. The number of esters is 1. The minimum Gasteiger partial charge on any atom is -0.462 e. The van der Waals surface area contributed by atoms with Crippen LogP contribution < -0.4 is 0 Å². The van der Waals surface area contributed by atoms with E-state index in [2.05, 4.69) is 0 Å². The number of rotatable bonds is 10. The summed E-state index contributed by atoms with van der Waals surface area (Å²) in [5.41, 5.74) is 0. The zero-order valence-electron chi connectivity index (χ0n) is 12.6. The van der Waals surface area contributed by atoms with Crippen molar-refractivity contribution >= 4 is 13.8 Å². The first-order chi connectivity index (χ1) is 9.16. The smallest absolute Gasteiger partial charge is 0.462 e. The molecule has 0 rings (SSSR count). The first kappa shape index (κ1) is 19.3. The number of phosphoric ester groups is 1. The summed E-state index contributed by atoms with van der Waals surface area (Å²) < 4.78 is 26.5. The van der Waals surface area contributed by atoms with Crippen molar-refractivity contribution in [2.45, 2.75) is 13.3 Å². The Bertz CT molecular complexity index is 363. The number of phosphoric acid groups is 1. The van der Waals surface area contributed by atoms with Crippen molar-refractivity contribution in [2.24, 2.45) is 0 Å². The summed E-state index contributed by atoms with van der Waals surface area (Å²) in [6.45, 7) is 2.55. The number of hydrogen-bond donors (Lipinski definition) is 1. The molecular formula is C12H25NO6P+. The van der Waals surface area contributed by atoms with E-state index in [9.17, 15) is 14.3 Å². The second-order valence-corrected chi connectivity index (χ2v) is 6.62. The van der Waals surface area contributed by atoms with Crippen LogP contribution in [0.15, 0.2) is 12.2 Å². The Labute approximate surface area is 120 Å². The summed E-state index contributed by atoms with van der Waals surface area (Å²) >= 11 is 0. The lowest BCUT2D eigenvalue weighted by Crippen LogP contribution is -2.37. The zero-order chi connectivity index (χ0) is 15.6. The molecule has 118 valence electrons. The molecule has 0 aromatic heterocycles.